The Bertz CT molecular complexity index is 696. The first-order valence-corrected chi connectivity index (χ1v) is 7.87. The molecule has 3 heteroatoms. The Hall–Kier alpha value is -2.42. The smallest absolute Gasteiger partial charge is 0.338 e. The average Bonchev–Trinajstić information content (AvgIpc) is 2.52. The van der Waals surface area contributed by atoms with Crippen LogP contribution < -0.4 is 0 Å². The normalized spacial score (nSPS) is 10.4. The van der Waals surface area contributed by atoms with Crippen molar-refractivity contribution in [3.8, 4) is 0 Å². The Kier molecular flexibility index (Phi) is 5.69. The maximum atomic E-state index is 12.5. The summed E-state index contributed by atoms with van der Waals surface area (Å²) in [4.78, 5) is 24.5. The molecule has 0 bridgehead atoms. The first-order chi connectivity index (χ1) is 11.0. The molecule has 2 aromatic carbocycles. The van der Waals surface area contributed by atoms with E-state index in [0.29, 0.717) is 30.6 Å². The second kappa shape index (κ2) is 7.73. The maximum absolute atomic E-state index is 12.5. The highest BCUT2D eigenvalue weighted by molar-refractivity contribution is 6.06. The number of carbonyl (C=O) groups excluding carboxylic acids is 2. The highest BCUT2D eigenvalue weighted by Gasteiger charge is 2.17. The highest BCUT2D eigenvalue weighted by Crippen LogP contribution is 2.16. The highest BCUT2D eigenvalue weighted by atomic mass is 16.5. The van der Waals surface area contributed by atoms with Gasteiger partial charge in [-0.05, 0) is 38.8 Å². The zero-order chi connectivity index (χ0) is 16.8. The van der Waals surface area contributed by atoms with Gasteiger partial charge in [0.2, 0.25) is 0 Å². The van der Waals surface area contributed by atoms with E-state index in [1.165, 1.54) is 11.1 Å². The van der Waals surface area contributed by atoms with Gasteiger partial charge in [-0.1, -0.05) is 47.5 Å². The fourth-order valence-corrected chi connectivity index (χ4v) is 2.72. The second-order valence-electron chi connectivity index (χ2n) is 5.69. The van der Waals surface area contributed by atoms with E-state index >= 15 is 0 Å². The quantitative estimate of drug-likeness (QED) is 0.590. The van der Waals surface area contributed by atoms with Crippen molar-refractivity contribution in [1.82, 2.24) is 0 Å². The van der Waals surface area contributed by atoms with Crippen molar-refractivity contribution in [3.05, 3.63) is 70.3 Å². The molecule has 0 heterocycles. The first kappa shape index (κ1) is 16.9. The molecule has 0 saturated carbocycles. The number of hydrogen-bond donors (Lipinski definition) is 0. The molecule has 0 aliphatic carbocycles. The fraction of sp³-hybridized carbons (Fsp3) is 0.300. The van der Waals surface area contributed by atoms with Gasteiger partial charge in [0, 0.05) is 12.0 Å². The van der Waals surface area contributed by atoms with Crippen LogP contribution in [-0.2, 0) is 11.2 Å². The fourth-order valence-electron chi connectivity index (χ4n) is 2.72. The van der Waals surface area contributed by atoms with Gasteiger partial charge in [-0.15, -0.1) is 0 Å². The molecule has 0 unspecified atom stereocenters. The lowest BCUT2D eigenvalue weighted by atomic mass is 9.97. The van der Waals surface area contributed by atoms with Crippen LogP contribution in [0.25, 0.3) is 0 Å². The summed E-state index contributed by atoms with van der Waals surface area (Å²) in [5.41, 5.74) is 4.32. The molecule has 3 nitrogen and oxygen atoms in total. The Morgan fingerprint density at radius 2 is 1.57 bits per heavy atom. The van der Waals surface area contributed by atoms with Crippen molar-refractivity contribution in [2.24, 2.45) is 0 Å². The van der Waals surface area contributed by atoms with E-state index in [2.05, 4.69) is 18.2 Å². The van der Waals surface area contributed by atoms with Crippen molar-refractivity contribution < 1.29 is 14.3 Å². The number of Topliss-reactive ketones (excluding diaryl/α,β-unsaturated/α-hetero) is 1. The van der Waals surface area contributed by atoms with Gasteiger partial charge in [-0.2, -0.15) is 0 Å². The van der Waals surface area contributed by atoms with Crippen LogP contribution in [0.5, 0.6) is 0 Å². The van der Waals surface area contributed by atoms with E-state index in [-0.39, 0.29) is 5.78 Å². The molecule has 0 radical (unpaired) electrons. The van der Waals surface area contributed by atoms with E-state index in [1.54, 1.807) is 31.2 Å². The lowest BCUT2D eigenvalue weighted by Crippen LogP contribution is -2.12. The minimum absolute atomic E-state index is 0.0344. The molecular weight excluding hydrogens is 288 g/mol. The first-order valence-electron chi connectivity index (χ1n) is 7.87. The van der Waals surface area contributed by atoms with Gasteiger partial charge in [-0.3, -0.25) is 4.79 Å². The summed E-state index contributed by atoms with van der Waals surface area (Å²) in [6, 6.07) is 13.1. The van der Waals surface area contributed by atoms with Crippen molar-refractivity contribution >= 4 is 11.8 Å². The van der Waals surface area contributed by atoms with Crippen molar-refractivity contribution in [2.45, 2.75) is 33.6 Å². The molecule has 120 valence electrons. The van der Waals surface area contributed by atoms with Crippen LogP contribution in [0, 0.1) is 13.8 Å². The lowest BCUT2D eigenvalue weighted by Gasteiger charge is -2.09. The number of ketones is 1. The Balaban J connectivity index is 2.13. The molecule has 2 aromatic rings. The number of rotatable bonds is 6. The predicted molar refractivity (Wildman–Crippen MR) is 91.0 cm³/mol. The molecule has 0 amide bonds. The minimum Gasteiger partial charge on any atom is -0.462 e. The molecule has 0 atom stereocenters. The molecule has 0 N–H and O–H groups in total. The van der Waals surface area contributed by atoms with E-state index in [9.17, 15) is 9.59 Å². The monoisotopic (exact) mass is 310 g/mol. The standard InChI is InChI=1S/C20H22O3/c1-4-23-20(22)18-8-6-5-7-17(18)19(21)10-9-16-12-14(2)11-15(3)13-16/h5-8,11-13H,4,9-10H2,1-3H3. The van der Waals surface area contributed by atoms with Gasteiger partial charge in [0.15, 0.2) is 5.78 Å². The van der Waals surface area contributed by atoms with Gasteiger partial charge in [0.1, 0.15) is 0 Å². The molecule has 2 rings (SSSR count). The third-order valence-electron chi connectivity index (χ3n) is 3.65. The number of hydrogen-bond acceptors (Lipinski definition) is 3. The molecule has 0 aliphatic heterocycles. The largest absolute Gasteiger partial charge is 0.462 e. The zero-order valence-corrected chi connectivity index (χ0v) is 13.9. The van der Waals surface area contributed by atoms with Gasteiger partial charge in [0.25, 0.3) is 0 Å². The molecule has 0 fully saturated rings. The molecular formula is C20H22O3. The third kappa shape index (κ3) is 4.52. The van der Waals surface area contributed by atoms with Crippen molar-refractivity contribution in [2.75, 3.05) is 6.61 Å². The minimum atomic E-state index is -0.442. The number of ether oxygens (including phenoxy) is 1. The summed E-state index contributed by atoms with van der Waals surface area (Å²) in [5, 5.41) is 0. The van der Waals surface area contributed by atoms with E-state index < -0.39 is 5.97 Å². The van der Waals surface area contributed by atoms with Crippen LogP contribution >= 0.6 is 0 Å². The zero-order valence-electron chi connectivity index (χ0n) is 13.9. The summed E-state index contributed by atoms with van der Waals surface area (Å²) in [6.07, 6.45) is 1.04. The lowest BCUT2D eigenvalue weighted by molar-refractivity contribution is 0.0523. The van der Waals surface area contributed by atoms with E-state index in [0.717, 1.165) is 5.56 Å². The van der Waals surface area contributed by atoms with Crippen molar-refractivity contribution in [3.63, 3.8) is 0 Å². The van der Waals surface area contributed by atoms with Gasteiger partial charge < -0.3 is 4.74 Å². The summed E-state index contributed by atoms with van der Waals surface area (Å²) in [7, 11) is 0. The Morgan fingerprint density at radius 3 is 2.17 bits per heavy atom. The number of benzene rings is 2. The summed E-state index contributed by atoms with van der Waals surface area (Å²) >= 11 is 0. The van der Waals surface area contributed by atoms with Gasteiger partial charge in [-0.25, -0.2) is 4.79 Å². The Morgan fingerprint density at radius 1 is 0.957 bits per heavy atom. The number of esters is 1. The van der Waals surface area contributed by atoms with Crippen LogP contribution in [0.15, 0.2) is 42.5 Å². The number of aryl methyl sites for hydroxylation is 3. The van der Waals surface area contributed by atoms with Crippen LogP contribution in [-0.4, -0.2) is 18.4 Å². The molecule has 0 aliphatic rings. The number of carbonyl (C=O) groups is 2. The topological polar surface area (TPSA) is 43.4 Å². The van der Waals surface area contributed by atoms with Gasteiger partial charge >= 0.3 is 5.97 Å². The molecule has 0 aromatic heterocycles. The maximum Gasteiger partial charge on any atom is 0.338 e. The average molecular weight is 310 g/mol. The van der Waals surface area contributed by atoms with E-state index in [1.807, 2.05) is 13.8 Å². The van der Waals surface area contributed by atoms with Crippen LogP contribution in [0.2, 0.25) is 0 Å². The van der Waals surface area contributed by atoms with Gasteiger partial charge in [0.05, 0.1) is 12.2 Å². The van der Waals surface area contributed by atoms with Crippen LogP contribution in [0.1, 0.15) is 50.8 Å². The summed E-state index contributed by atoms with van der Waals surface area (Å²) in [5.74, 6) is -0.476. The molecule has 0 spiro atoms. The predicted octanol–water partition coefficient (Wildman–Crippen LogP) is 4.30. The van der Waals surface area contributed by atoms with E-state index in [4.69, 9.17) is 4.74 Å². The third-order valence-corrected chi connectivity index (χ3v) is 3.65. The SMILES string of the molecule is CCOC(=O)c1ccccc1C(=O)CCc1cc(C)cc(C)c1. The van der Waals surface area contributed by atoms with Crippen LogP contribution in [0.4, 0.5) is 0 Å². The summed E-state index contributed by atoms with van der Waals surface area (Å²) < 4.78 is 5.02. The summed E-state index contributed by atoms with van der Waals surface area (Å²) in [6.45, 7) is 6.15. The Labute approximate surface area is 137 Å². The van der Waals surface area contributed by atoms with Crippen molar-refractivity contribution in [1.29, 1.82) is 0 Å². The molecule has 23 heavy (non-hydrogen) atoms. The second-order valence-corrected chi connectivity index (χ2v) is 5.69. The molecule has 0 saturated heterocycles. The van der Waals surface area contributed by atoms with Crippen LogP contribution in [0.3, 0.4) is 0 Å².